The molecule has 0 aliphatic rings. The maximum absolute atomic E-state index is 12.4. The summed E-state index contributed by atoms with van der Waals surface area (Å²) >= 11 is 18.3. The van der Waals surface area contributed by atoms with Gasteiger partial charge in [0.15, 0.2) is 0 Å². The number of halogens is 3. The number of hydrogen-bond donors (Lipinski definition) is 1. The molecule has 0 aromatic heterocycles. The minimum Gasteiger partial charge on any atom is -0.350 e. The molecule has 3 nitrogen and oxygen atoms in total. The van der Waals surface area contributed by atoms with Crippen molar-refractivity contribution in [3.8, 4) is 0 Å². The molecule has 0 radical (unpaired) electrons. The lowest BCUT2D eigenvalue weighted by Gasteiger charge is -2.26. The van der Waals surface area contributed by atoms with Crippen LogP contribution in [0.1, 0.15) is 22.0 Å². The van der Waals surface area contributed by atoms with Crippen molar-refractivity contribution >= 4 is 40.7 Å². The lowest BCUT2D eigenvalue weighted by molar-refractivity contribution is 0.0942. The number of amides is 1. The Bertz CT molecular complexity index is 704. The third-order valence-corrected chi connectivity index (χ3v) is 4.43. The summed E-state index contributed by atoms with van der Waals surface area (Å²) in [6.45, 7) is 0.401. The van der Waals surface area contributed by atoms with Crippen molar-refractivity contribution < 1.29 is 4.79 Å². The molecule has 0 saturated carbocycles. The zero-order chi connectivity index (χ0) is 17.0. The number of benzene rings is 2. The lowest BCUT2D eigenvalue weighted by atomic mass is 10.1. The number of rotatable bonds is 5. The third kappa shape index (κ3) is 4.61. The molecule has 1 N–H and O–H groups in total. The molecule has 0 spiro atoms. The van der Waals surface area contributed by atoms with Crippen LogP contribution < -0.4 is 5.32 Å². The van der Waals surface area contributed by atoms with Crippen LogP contribution in [0.4, 0.5) is 0 Å². The zero-order valence-corrected chi connectivity index (χ0v) is 15.1. The van der Waals surface area contributed by atoms with E-state index in [9.17, 15) is 4.79 Å². The molecule has 2 aromatic rings. The summed E-state index contributed by atoms with van der Waals surface area (Å²) in [5, 5.41) is 4.39. The first kappa shape index (κ1) is 18.1. The average molecular weight is 372 g/mol. The quantitative estimate of drug-likeness (QED) is 0.827. The van der Waals surface area contributed by atoms with E-state index >= 15 is 0 Å². The van der Waals surface area contributed by atoms with Gasteiger partial charge in [0.1, 0.15) is 0 Å². The van der Waals surface area contributed by atoms with Crippen LogP contribution in [-0.4, -0.2) is 31.4 Å². The Morgan fingerprint density at radius 3 is 2.43 bits per heavy atom. The van der Waals surface area contributed by atoms with Gasteiger partial charge in [-0.1, -0.05) is 53.0 Å². The van der Waals surface area contributed by atoms with E-state index in [0.717, 1.165) is 5.56 Å². The fourth-order valence-corrected chi connectivity index (χ4v) is 2.91. The molecule has 6 heteroatoms. The molecule has 122 valence electrons. The van der Waals surface area contributed by atoms with Gasteiger partial charge in [-0.3, -0.25) is 4.79 Å². The van der Waals surface area contributed by atoms with Crippen molar-refractivity contribution in [2.45, 2.75) is 6.04 Å². The highest BCUT2D eigenvalue weighted by Crippen LogP contribution is 2.26. The summed E-state index contributed by atoms with van der Waals surface area (Å²) in [4.78, 5) is 14.4. The van der Waals surface area contributed by atoms with Crippen molar-refractivity contribution in [1.29, 1.82) is 0 Å². The minimum absolute atomic E-state index is 0.0504. The number of carbonyl (C=O) groups excluding carboxylic acids is 1. The van der Waals surface area contributed by atoms with Gasteiger partial charge in [-0.25, -0.2) is 0 Å². The molecule has 0 fully saturated rings. The first-order valence-electron chi connectivity index (χ1n) is 7.04. The third-order valence-electron chi connectivity index (χ3n) is 3.52. The summed E-state index contributed by atoms with van der Waals surface area (Å²) in [6, 6.07) is 12.3. The molecule has 1 atom stereocenters. The largest absolute Gasteiger partial charge is 0.350 e. The maximum Gasteiger partial charge on any atom is 0.252 e. The highest BCUT2D eigenvalue weighted by molar-refractivity contribution is 6.35. The van der Waals surface area contributed by atoms with E-state index in [-0.39, 0.29) is 11.9 Å². The Labute approximate surface area is 151 Å². The normalized spacial score (nSPS) is 12.3. The van der Waals surface area contributed by atoms with Crippen molar-refractivity contribution in [3.05, 3.63) is 68.7 Å². The monoisotopic (exact) mass is 370 g/mol. The van der Waals surface area contributed by atoms with E-state index in [1.807, 2.05) is 43.3 Å². The first-order chi connectivity index (χ1) is 10.9. The molecule has 0 bridgehead atoms. The number of likely N-dealkylation sites (N-methyl/N-ethyl adjacent to an activating group) is 1. The molecule has 2 rings (SSSR count). The Hall–Kier alpha value is -1.26. The smallest absolute Gasteiger partial charge is 0.252 e. The van der Waals surface area contributed by atoms with Crippen LogP contribution in [0.3, 0.4) is 0 Å². The number of carbonyl (C=O) groups is 1. The maximum atomic E-state index is 12.4. The molecule has 0 heterocycles. The molecule has 0 aliphatic heterocycles. The Morgan fingerprint density at radius 2 is 1.78 bits per heavy atom. The first-order valence-corrected chi connectivity index (χ1v) is 8.17. The van der Waals surface area contributed by atoms with Crippen LogP contribution in [-0.2, 0) is 0 Å². The topological polar surface area (TPSA) is 32.3 Å². The van der Waals surface area contributed by atoms with Crippen LogP contribution >= 0.6 is 34.8 Å². The SMILES string of the molecule is CN(C)C(CNC(=O)c1cc(Cl)ccc1Cl)c1ccccc1Cl. The van der Waals surface area contributed by atoms with E-state index in [2.05, 4.69) is 5.32 Å². The molecular formula is C17H17Cl3N2O. The van der Waals surface area contributed by atoms with E-state index in [0.29, 0.717) is 27.2 Å². The molecule has 0 saturated heterocycles. The standard InChI is InChI=1S/C17H17Cl3N2O/c1-22(2)16(12-5-3-4-6-14(12)19)10-21-17(23)13-9-11(18)7-8-15(13)20/h3-9,16H,10H2,1-2H3,(H,21,23). The Balaban J connectivity index is 2.15. The van der Waals surface area contributed by atoms with Gasteiger partial charge in [0.05, 0.1) is 16.6 Å². The van der Waals surface area contributed by atoms with E-state index in [4.69, 9.17) is 34.8 Å². The number of nitrogens with one attached hydrogen (secondary N) is 1. The molecule has 0 aliphatic carbocycles. The predicted octanol–water partition coefficient (Wildman–Crippen LogP) is 4.68. The number of nitrogens with zero attached hydrogens (tertiary/aromatic N) is 1. The summed E-state index contributed by atoms with van der Waals surface area (Å²) in [5.74, 6) is -0.267. The highest BCUT2D eigenvalue weighted by Gasteiger charge is 2.19. The van der Waals surface area contributed by atoms with E-state index in [1.165, 1.54) is 0 Å². The van der Waals surface area contributed by atoms with Gasteiger partial charge in [0.25, 0.3) is 5.91 Å². The summed E-state index contributed by atoms with van der Waals surface area (Å²) in [6.07, 6.45) is 0. The van der Waals surface area contributed by atoms with Crippen molar-refractivity contribution in [1.82, 2.24) is 10.2 Å². The van der Waals surface area contributed by atoms with Crippen LogP contribution in [0.5, 0.6) is 0 Å². The molecular weight excluding hydrogens is 355 g/mol. The van der Waals surface area contributed by atoms with Gasteiger partial charge in [-0.05, 0) is 43.9 Å². The lowest BCUT2D eigenvalue weighted by Crippen LogP contribution is -2.34. The average Bonchev–Trinajstić information content (AvgIpc) is 2.51. The summed E-state index contributed by atoms with van der Waals surface area (Å²) in [7, 11) is 3.87. The molecule has 1 unspecified atom stereocenters. The summed E-state index contributed by atoms with van der Waals surface area (Å²) in [5.41, 5.74) is 1.31. The highest BCUT2D eigenvalue weighted by atomic mass is 35.5. The second-order valence-electron chi connectivity index (χ2n) is 5.34. The fraction of sp³-hybridized carbons (Fsp3) is 0.235. The van der Waals surface area contributed by atoms with Crippen molar-refractivity contribution in [2.24, 2.45) is 0 Å². The van der Waals surface area contributed by atoms with Gasteiger partial charge in [0.2, 0.25) is 0 Å². The minimum atomic E-state index is -0.267. The fourth-order valence-electron chi connectivity index (χ4n) is 2.27. The van der Waals surface area contributed by atoms with Crippen LogP contribution in [0.15, 0.2) is 42.5 Å². The zero-order valence-electron chi connectivity index (χ0n) is 12.8. The van der Waals surface area contributed by atoms with E-state index in [1.54, 1.807) is 18.2 Å². The number of hydrogen-bond acceptors (Lipinski definition) is 2. The molecule has 1 amide bonds. The predicted molar refractivity (Wildman–Crippen MR) is 96.7 cm³/mol. The molecule has 2 aromatic carbocycles. The van der Waals surface area contributed by atoms with Crippen molar-refractivity contribution in [3.63, 3.8) is 0 Å². The molecule has 23 heavy (non-hydrogen) atoms. The Kier molecular flexibility index (Phi) is 6.31. The van der Waals surface area contributed by atoms with Crippen molar-refractivity contribution in [2.75, 3.05) is 20.6 Å². The van der Waals surface area contributed by atoms with Crippen LogP contribution in [0, 0.1) is 0 Å². The van der Waals surface area contributed by atoms with Crippen LogP contribution in [0.2, 0.25) is 15.1 Å². The van der Waals surface area contributed by atoms with E-state index < -0.39 is 0 Å². The van der Waals surface area contributed by atoms with Gasteiger partial charge in [-0.2, -0.15) is 0 Å². The van der Waals surface area contributed by atoms with Gasteiger partial charge >= 0.3 is 0 Å². The van der Waals surface area contributed by atoms with Gasteiger partial charge in [-0.15, -0.1) is 0 Å². The van der Waals surface area contributed by atoms with Gasteiger partial charge in [0, 0.05) is 16.6 Å². The van der Waals surface area contributed by atoms with Crippen LogP contribution in [0.25, 0.3) is 0 Å². The second kappa shape index (κ2) is 8.02. The summed E-state index contributed by atoms with van der Waals surface area (Å²) < 4.78 is 0. The second-order valence-corrected chi connectivity index (χ2v) is 6.59. The Morgan fingerprint density at radius 1 is 1.09 bits per heavy atom. The van der Waals surface area contributed by atoms with Gasteiger partial charge < -0.3 is 10.2 Å².